The van der Waals surface area contributed by atoms with Crippen molar-refractivity contribution in [2.24, 2.45) is 17.8 Å². The zero-order valence-electron chi connectivity index (χ0n) is 22.3. The van der Waals surface area contributed by atoms with Crippen LogP contribution in [0.2, 0.25) is 0 Å². The molecular formula is C30H28Cl2N2O7. The first-order valence-corrected chi connectivity index (χ1v) is 14.1. The molecular weight excluding hydrogens is 571 g/mol. The molecule has 1 saturated carbocycles. The average molecular weight is 599 g/mol. The first-order valence-electron chi connectivity index (χ1n) is 13.3. The number of carbonyl (C=O) groups is 4. The molecule has 6 unspecified atom stereocenters. The van der Waals surface area contributed by atoms with Crippen molar-refractivity contribution in [3.05, 3.63) is 65.2 Å². The molecule has 2 aromatic rings. The number of phenolic OH excluding ortho intramolecular Hbond substituents is 2. The highest BCUT2D eigenvalue weighted by molar-refractivity contribution is 6.53. The lowest BCUT2D eigenvalue weighted by atomic mass is 9.56. The van der Waals surface area contributed by atoms with E-state index in [1.807, 2.05) is 6.08 Å². The van der Waals surface area contributed by atoms with Gasteiger partial charge >= 0.3 is 0 Å². The summed E-state index contributed by atoms with van der Waals surface area (Å²) in [4.78, 5) is 53.0. The molecule has 214 valence electrons. The van der Waals surface area contributed by atoms with Gasteiger partial charge in [0.25, 0.3) is 11.8 Å². The average Bonchev–Trinajstić information content (AvgIpc) is 3.27. The van der Waals surface area contributed by atoms with Gasteiger partial charge in [0.2, 0.25) is 11.8 Å². The van der Waals surface area contributed by atoms with Gasteiger partial charge in [-0.1, -0.05) is 29.8 Å². The number of rotatable bonds is 5. The number of carbonyl (C=O) groups excluding carboxylic acids is 4. The lowest BCUT2D eigenvalue weighted by molar-refractivity contribution is -0.141. The number of ether oxygens (including phenoxy) is 1. The standard InChI is InChI=1S/C30H28Cl2N2O7/c1-33-27(39)29(31)14-21-18(24(30(29,32)28(33)40)19-8-7-17(36)13-22(19)41-2)9-10-20-23(21)26(38)34(25(20)37)12-11-15-3-5-16(35)6-4-15/h3-9,13,20-21,23-24,35-36H,10-12,14H2,1-2H3. The van der Waals surface area contributed by atoms with Crippen molar-refractivity contribution in [1.29, 1.82) is 0 Å². The maximum Gasteiger partial charge on any atom is 0.253 e. The van der Waals surface area contributed by atoms with E-state index >= 15 is 0 Å². The predicted octanol–water partition coefficient (Wildman–Crippen LogP) is 3.34. The van der Waals surface area contributed by atoms with Crippen LogP contribution in [0.1, 0.15) is 29.9 Å². The Labute approximate surface area is 246 Å². The Balaban J connectivity index is 1.43. The van der Waals surface area contributed by atoms with E-state index in [-0.39, 0.29) is 48.4 Å². The molecule has 2 aliphatic heterocycles. The van der Waals surface area contributed by atoms with Gasteiger partial charge in [-0.2, -0.15) is 0 Å². The summed E-state index contributed by atoms with van der Waals surface area (Å²) in [6, 6.07) is 11.0. The largest absolute Gasteiger partial charge is 0.508 e. The Hall–Kier alpha value is -3.56. The van der Waals surface area contributed by atoms with Gasteiger partial charge in [0, 0.05) is 31.1 Å². The van der Waals surface area contributed by atoms with Gasteiger partial charge in [0.05, 0.1) is 18.9 Å². The van der Waals surface area contributed by atoms with Crippen molar-refractivity contribution in [1.82, 2.24) is 9.80 Å². The third-order valence-electron chi connectivity index (χ3n) is 9.19. The summed E-state index contributed by atoms with van der Waals surface area (Å²) in [5.41, 5.74) is 1.95. The van der Waals surface area contributed by atoms with E-state index in [4.69, 9.17) is 27.9 Å². The number of imide groups is 2. The van der Waals surface area contributed by atoms with Gasteiger partial charge in [0.1, 0.15) is 17.2 Å². The number of amides is 4. The molecule has 2 saturated heterocycles. The second-order valence-electron chi connectivity index (χ2n) is 11.2. The minimum atomic E-state index is -1.93. The normalized spacial score (nSPS) is 32.5. The number of halogens is 2. The van der Waals surface area contributed by atoms with Crippen LogP contribution in [0.4, 0.5) is 0 Å². The fourth-order valence-electron chi connectivity index (χ4n) is 7.22. The number of hydrogen-bond donors (Lipinski definition) is 2. The predicted molar refractivity (Wildman–Crippen MR) is 149 cm³/mol. The van der Waals surface area contributed by atoms with E-state index in [1.165, 1.54) is 31.2 Å². The molecule has 6 rings (SSSR count). The van der Waals surface area contributed by atoms with Gasteiger partial charge in [-0.25, -0.2) is 0 Å². The van der Waals surface area contributed by atoms with Crippen LogP contribution in [0, 0.1) is 17.8 Å². The number of alkyl halides is 2. The van der Waals surface area contributed by atoms with Crippen molar-refractivity contribution in [3.63, 3.8) is 0 Å². The maximum atomic E-state index is 13.9. The Morgan fingerprint density at radius 1 is 0.951 bits per heavy atom. The van der Waals surface area contributed by atoms with Gasteiger partial charge in [-0.15, -0.1) is 23.2 Å². The molecule has 2 N–H and O–H groups in total. The highest BCUT2D eigenvalue weighted by atomic mass is 35.5. The van der Waals surface area contributed by atoms with E-state index < -0.39 is 45.2 Å². The van der Waals surface area contributed by atoms with Gasteiger partial charge in [0.15, 0.2) is 9.75 Å². The number of fused-ring (bicyclic) bond motifs is 4. The van der Waals surface area contributed by atoms with Crippen LogP contribution >= 0.6 is 23.2 Å². The summed E-state index contributed by atoms with van der Waals surface area (Å²) < 4.78 is 5.55. The van der Waals surface area contributed by atoms with Crippen LogP contribution in [0.5, 0.6) is 17.2 Å². The van der Waals surface area contributed by atoms with Gasteiger partial charge in [-0.05, 0) is 48.9 Å². The topological polar surface area (TPSA) is 124 Å². The first-order chi connectivity index (χ1) is 19.4. The summed E-state index contributed by atoms with van der Waals surface area (Å²) in [6.07, 6.45) is 2.43. The van der Waals surface area contributed by atoms with Crippen LogP contribution in [-0.4, -0.2) is 74.1 Å². The summed E-state index contributed by atoms with van der Waals surface area (Å²) in [5.74, 6) is -4.67. The van der Waals surface area contributed by atoms with E-state index in [0.29, 0.717) is 17.6 Å². The molecule has 2 heterocycles. The molecule has 6 atom stereocenters. The van der Waals surface area contributed by atoms with Crippen molar-refractivity contribution in [3.8, 4) is 17.2 Å². The molecule has 4 amide bonds. The molecule has 0 bridgehead atoms. The van der Waals surface area contributed by atoms with E-state index in [9.17, 15) is 29.4 Å². The van der Waals surface area contributed by atoms with Crippen LogP contribution in [0.25, 0.3) is 0 Å². The Bertz CT molecular complexity index is 1530. The molecule has 0 spiro atoms. The monoisotopic (exact) mass is 598 g/mol. The molecule has 11 heteroatoms. The first kappa shape index (κ1) is 27.6. The van der Waals surface area contributed by atoms with Crippen molar-refractivity contribution in [2.45, 2.75) is 34.9 Å². The van der Waals surface area contributed by atoms with Crippen LogP contribution in [-0.2, 0) is 25.6 Å². The third kappa shape index (κ3) is 3.74. The summed E-state index contributed by atoms with van der Waals surface area (Å²) in [7, 11) is 2.75. The van der Waals surface area contributed by atoms with Crippen molar-refractivity contribution in [2.75, 3.05) is 20.7 Å². The van der Waals surface area contributed by atoms with Crippen LogP contribution < -0.4 is 4.74 Å². The molecule has 0 radical (unpaired) electrons. The number of phenols is 2. The SMILES string of the molecule is COc1cc(O)ccc1C1C2=CCC3C(=O)N(CCc4ccc(O)cc4)C(=O)C3C2CC2(Cl)C(=O)N(C)C(=O)C12Cl. The van der Waals surface area contributed by atoms with Gasteiger partial charge in [-0.3, -0.25) is 29.0 Å². The number of benzene rings is 2. The Morgan fingerprint density at radius 3 is 2.32 bits per heavy atom. The fourth-order valence-corrected chi connectivity index (χ4v) is 8.23. The molecule has 3 fully saturated rings. The summed E-state index contributed by atoms with van der Waals surface area (Å²) >= 11 is 14.3. The Morgan fingerprint density at radius 2 is 1.63 bits per heavy atom. The number of likely N-dealkylation sites (tertiary alicyclic amines) is 2. The van der Waals surface area contributed by atoms with E-state index in [1.54, 1.807) is 30.3 Å². The molecule has 2 aromatic carbocycles. The molecule has 0 aromatic heterocycles. The van der Waals surface area contributed by atoms with Gasteiger partial charge < -0.3 is 14.9 Å². The van der Waals surface area contributed by atoms with Crippen molar-refractivity contribution < 1.29 is 34.1 Å². The second-order valence-corrected chi connectivity index (χ2v) is 12.4. The number of aromatic hydroxyl groups is 2. The minimum Gasteiger partial charge on any atom is -0.508 e. The number of methoxy groups -OCH3 is 1. The molecule has 2 aliphatic carbocycles. The fraction of sp³-hybridized carbons (Fsp3) is 0.400. The Kier molecular flexibility index (Phi) is 6.39. The number of nitrogens with zero attached hydrogens (tertiary/aromatic N) is 2. The summed E-state index contributed by atoms with van der Waals surface area (Å²) in [6.45, 7) is 0.165. The highest BCUT2D eigenvalue weighted by Gasteiger charge is 2.76. The summed E-state index contributed by atoms with van der Waals surface area (Å²) in [5, 5.41) is 19.7. The lowest BCUT2D eigenvalue weighted by Gasteiger charge is -2.51. The molecule has 41 heavy (non-hydrogen) atoms. The number of allylic oxidation sites excluding steroid dienone is 2. The minimum absolute atomic E-state index is 0.0665. The number of hydrogen-bond acceptors (Lipinski definition) is 7. The third-order valence-corrected chi connectivity index (χ3v) is 10.6. The highest BCUT2D eigenvalue weighted by Crippen LogP contribution is 2.66. The van der Waals surface area contributed by atoms with Crippen LogP contribution in [0.3, 0.4) is 0 Å². The maximum absolute atomic E-state index is 13.9. The molecule has 4 aliphatic rings. The zero-order chi connectivity index (χ0) is 29.4. The second kappa shape index (κ2) is 9.49. The van der Waals surface area contributed by atoms with E-state index in [0.717, 1.165) is 10.5 Å². The zero-order valence-corrected chi connectivity index (χ0v) is 23.9. The quantitative estimate of drug-likeness (QED) is 0.307. The smallest absolute Gasteiger partial charge is 0.253 e. The van der Waals surface area contributed by atoms with Crippen molar-refractivity contribution >= 4 is 46.8 Å². The van der Waals surface area contributed by atoms with E-state index in [2.05, 4.69) is 0 Å². The molecule has 9 nitrogen and oxygen atoms in total. The van der Waals surface area contributed by atoms with Crippen LogP contribution in [0.15, 0.2) is 54.1 Å². The lowest BCUT2D eigenvalue weighted by Crippen LogP contribution is -2.60.